The zero-order valence-electron chi connectivity index (χ0n) is 14.1. The monoisotopic (exact) mass is 334 g/mol. The summed E-state index contributed by atoms with van der Waals surface area (Å²) in [5.74, 6) is -0.314. The van der Waals surface area contributed by atoms with Crippen LogP contribution in [-0.2, 0) is 6.42 Å². The zero-order chi connectivity index (χ0) is 17.0. The Bertz CT molecular complexity index is 677. The molecule has 0 saturated carbocycles. The van der Waals surface area contributed by atoms with Crippen molar-refractivity contribution >= 4 is 17.2 Å². The second-order valence-corrected chi connectivity index (χ2v) is 7.50. The molecular formula is C18H23FN2OS. The van der Waals surface area contributed by atoms with Crippen LogP contribution in [0.25, 0.3) is 0 Å². The van der Waals surface area contributed by atoms with Crippen LogP contribution in [0, 0.1) is 12.7 Å². The number of carbonyl (C=O) groups excluding carboxylic acids is 1. The first-order valence-corrected chi connectivity index (χ1v) is 8.65. The van der Waals surface area contributed by atoms with Crippen LogP contribution in [0.1, 0.15) is 59.5 Å². The van der Waals surface area contributed by atoms with Gasteiger partial charge in [-0.2, -0.15) is 0 Å². The number of nitrogens with zero attached hydrogens (tertiary/aromatic N) is 1. The maximum atomic E-state index is 13.0. The minimum atomic E-state index is -0.248. The van der Waals surface area contributed by atoms with Gasteiger partial charge < -0.3 is 5.32 Å². The van der Waals surface area contributed by atoms with Crippen molar-refractivity contribution in [1.82, 2.24) is 10.3 Å². The van der Waals surface area contributed by atoms with Crippen LogP contribution in [0.5, 0.6) is 0 Å². The molecule has 0 saturated heterocycles. The molecule has 1 aromatic carbocycles. The molecule has 1 amide bonds. The summed E-state index contributed by atoms with van der Waals surface area (Å²) >= 11 is 1.41. The molecule has 2 aromatic rings. The number of amides is 1. The molecular weight excluding hydrogens is 311 g/mol. The predicted molar refractivity (Wildman–Crippen MR) is 92.5 cm³/mol. The highest BCUT2D eigenvalue weighted by Gasteiger charge is 2.23. The molecule has 0 aliphatic heterocycles. The summed E-state index contributed by atoms with van der Waals surface area (Å²) in [6, 6.07) is 6.37. The summed E-state index contributed by atoms with van der Waals surface area (Å²) < 4.78 is 13.0. The van der Waals surface area contributed by atoms with Crippen LogP contribution in [0.3, 0.4) is 0 Å². The van der Waals surface area contributed by atoms with Crippen molar-refractivity contribution in [3.63, 3.8) is 0 Å². The van der Waals surface area contributed by atoms with E-state index < -0.39 is 0 Å². The lowest BCUT2D eigenvalue weighted by Gasteiger charge is -2.25. The van der Waals surface area contributed by atoms with Gasteiger partial charge in [0.25, 0.3) is 5.91 Å². The molecule has 0 aliphatic carbocycles. The molecule has 2 rings (SSSR count). The van der Waals surface area contributed by atoms with E-state index >= 15 is 0 Å². The topological polar surface area (TPSA) is 42.0 Å². The minimum absolute atomic E-state index is 0.0659. The number of nitrogens with one attached hydrogen (secondary N) is 1. The fraction of sp³-hybridized carbons (Fsp3) is 0.444. The molecule has 1 aromatic heterocycles. The van der Waals surface area contributed by atoms with Crippen molar-refractivity contribution in [1.29, 1.82) is 0 Å². The van der Waals surface area contributed by atoms with Crippen molar-refractivity contribution in [2.45, 2.75) is 52.5 Å². The first kappa shape index (κ1) is 17.6. The fourth-order valence-electron chi connectivity index (χ4n) is 2.57. The second-order valence-electron chi connectivity index (χ2n) is 6.41. The molecule has 23 heavy (non-hydrogen) atoms. The molecule has 1 heterocycles. The lowest BCUT2D eigenvalue weighted by molar-refractivity contribution is 0.0912. The van der Waals surface area contributed by atoms with Gasteiger partial charge in [0.15, 0.2) is 0 Å². The van der Waals surface area contributed by atoms with Crippen molar-refractivity contribution in [3.05, 3.63) is 51.2 Å². The third-order valence-corrected chi connectivity index (χ3v) is 4.80. The SMILES string of the molecule is CCCC(C)(C)NC(=O)c1sc(Cc2ccc(F)cc2)nc1C. The number of aromatic nitrogens is 1. The lowest BCUT2D eigenvalue weighted by Crippen LogP contribution is -2.43. The van der Waals surface area contributed by atoms with Gasteiger partial charge in [-0.25, -0.2) is 9.37 Å². The summed E-state index contributed by atoms with van der Waals surface area (Å²) in [5, 5.41) is 3.95. The molecule has 0 fully saturated rings. The third-order valence-electron chi connectivity index (χ3n) is 3.64. The van der Waals surface area contributed by atoms with E-state index in [1.54, 1.807) is 12.1 Å². The summed E-state index contributed by atoms with van der Waals surface area (Å²) in [7, 11) is 0. The average Bonchev–Trinajstić information content (AvgIpc) is 2.81. The van der Waals surface area contributed by atoms with Crippen LogP contribution in [0.4, 0.5) is 4.39 Å². The number of rotatable bonds is 6. The molecule has 0 unspecified atom stereocenters. The molecule has 0 bridgehead atoms. The van der Waals surface area contributed by atoms with Gasteiger partial charge in [0.2, 0.25) is 0 Å². The maximum absolute atomic E-state index is 13.0. The molecule has 0 radical (unpaired) electrons. The van der Waals surface area contributed by atoms with Crippen LogP contribution < -0.4 is 5.32 Å². The van der Waals surface area contributed by atoms with Gasteiger partial charge in [-0.1, -0.05) is 25.5 Å². The number of aryl methyl sites for hydroxylation is 1. The van der Waals surface area contributed by atoms with Crippen LogP contribution >= 0.6 is 11.3 Å². The number of thiazole rings is 1. The number of halogens is 1. The fourth-order valence-corrected chi connectivity index (χ4v) is 3.56. The Balaban J connectivity index is 2.11. The van der Waals surface area contributed by atoms with Crippen LogP contribution in [0.2, 0.25) is 0 Å². The van der Waals surface area contributed by atoms with Crippen molar-refractivity contribution in [3.8, 4) is 0 Å². The second kappa shape index (κ2) is 7.21. The van der Waals surface area contributed by atoms with E-state index in [1.165, 1.54) is 23.5 Å². The Labute approximate surface area is 141 Å². The highest BCUT2D eigenvalue weighted by Crippen LogP contribution is 2.22. The van der Waals surface area contributed by atoms with Gasteiger partial charge in [0, 0.05) is 12.0 Å². The first-order chi connectivity index (χ1) is 10.8. The molecule has 1 N–H and O–H groups in total. The predicted octanol–water partition coefficient (Wildman–Crippen LogP) is 4.49. The highest BCUT2D eigenvalue weighted by atomic mass is 32.1. The van der Waals surface area contributed by atoms with E-state index in [2.05, 4.69) is 17.2 Å². The smallest absolute Gasteiger partial charge is 0.263 e. The normalized spacial score (nSPS) is 11.5. The Morgan fingerprint density at radius 3 is 2.57 bits per heavy atom. The summed E-state index contributed by atoms with van der Waals surface area (Å²) in [5.41, 5.74) is 1.51. The Kier molecular flexibility index (Phi) is 5.52. The Hall–Kier alpha value is -1.75. The maximum Gasteiger partial charge on any atom is 0.263 e. The van der Waals surface area contributed by atoms with Crippen molar-refractivity contribution in [2.75, 3.05) is 0 Å². The molecule has 0 atom stereocenters. The van der Waals surface area contributed by atoms with E-state index in [-0.39, 0.29) is 17.3 Å². The largest absolute Gasteiger partial charge is 0.346 e. The Morgan fingerprint density at radius 1 is 1.30 bits per heavy atom. The standard InChI is InChI=1S/C18H23FN2OS/c1-5-10-18(3,4)21-17(22)16-12(2)20-15(23-16)11-13-6-8-14(19)9-7-13/h6-9H,5,10-11H2,1-4H3,(H,21,22). The number of hydrogen-bond acceptors (Lipinski definition) is 3. The van der Waals surface area contributed by atoms with Crippen molar-refractivity contribution in [2.24, 2.45) is 0 Å². The van der Waals surface area contributed by atoms with Gasteiger partial charge in [0.05, 0.1) is 10.7 Å². The number of hydrogen-bond donors (Lipinski definition) is 1. The highest BCUT2D eigenvalue weighted by molar-refractivity contribution is 7.13. The van der Waals surface area contributed by atoms with Gasteiger partial charge in [-0.3, -0.25) is 4.79 Å². The van der Waals surface area contributed by atoms with Crippen molar-refractivity contribution < 1.29 is 9.18 Å². The van der Waals surface area contributed by atoms with E-state index in [0.717, 1.165) is 29.1 Å². The Morgan fingerprint density at radius 2 is 1.96 bits per heavy atom. The van der Waals surface area contributed by atoms with Crippen LogP contribution in [0.15, 0.2) is 24.3 Å². The molecule has 0 aliphatic rings. The van der Waals surface area contributed by atoms with E-state index in [1.807, 2.05) is 20.8 Å². The van der Waals surface area contributed by atoms with E-state index in [9.17, 15) is 9.18 Å². The lowest BCUT2D eigenvalue weighted by atomic mass is 9.99. The third kappa shape index (κ3) is 4.86. The zero-order valence-corrected chi connectivity index (χ0v) is 14.9. The van der Waals surface area contributed by atoms with Gasteiger partial charge >= 0.3 is 0 Å². The quantitative estimate of drug-likeness (QED) is 0.845. The average molecular weight is 334 g/mol. The summed E-state index contributed by atoms with van der Waals surface area (Å²) in [6.07, 6.45) is 2.56. The van der Waals surface area contributed by atoms with Crippen LogP contribution in [-0.4, -0.2) is 16.4 Å². The number of carbonyl (C=O) groups is 1. The summed E-state index contributed by atoms with van der Waals surface area (Å²) in [6.45, 7) is 8.02. The molecule has 5 heteroatoms. The number of benzene rings is 1. The van der Waals surface area contributed by atoms with Gasteiger partial charge in [-0.15, -0.1) is 11.3 Å². The van der Waals surface area contributed by atoms with Gasteiger partial charge in [0.1, 0.15) is 10.7 Å². The van der Waals surface area contributed by atoms with E-state index in [4.69, 9.17) is 0 Å². The molecule has 0 spiro atoms. The van der Waals surface area contributed by atoms with Gasteiger partial charge in [-0.05, 0) is 44.9 Å². The molecule has 3 nitrogen and oxygen atoms in total. The first-order valence-electron chi connectivity index (χ1n) is 7.84. The molecule has 124 valence electrons. The summed E-state index contributed by atoms with van der Waals surface area (Å²) in [4.78, 5) is 17.6. The van der Waals surface area contributed by atoms with E-state index in [0.29, 0.717) is 11.3 Å². The minimum Gasteiger partial charge on any atom is -0.346 e.